The molecule has 0 saturated carbocycles. The normalized spacial score (nSPS) is 12.2. The van der Waals surface area contributed by atoms with Gasteiger partial charge in [0.25, 0.3) is 0 Å². The average Bonchev–Trinajstić information content (AvgIpc) is 2.80. The van der Waals surface area contributed by atoms with Gasteiger partial charge < -0.3 is 11.1 Å². The maximum atomic E-state index is 11.6. The molecule has 2 aromatic rings. The molecule has 0 aliphatic carbocycles. The summed E-state index contributed by atoms with van der Waals surface area (Å²) in [5.74, 6) is -0.214. The van der Waals surface area contributed by atoms with Gasteiger partial charge in [0.2, 0.25) is 5.91 Å². The Morgan fingerprint density at radius 3 is 2.62 bits per heavy atom. The minimum Gasteiger partial charge on any atom is -0.320 e. The van der Waals surface area contributed by atoms with Crippen LogP contribution in [0.15, 0.2) is 24.3 Å². The molecule has 1 heterocycles. The molecular formula is C16H21N3OS. The molecule has 3 N–H and O–H groups in total. The molecule has 21 heavy (non-hydrogen) atoms. The van der Waals surface area contributed by atoms with Crippen LogP contribution < -0.4 is 11.1 Å². The number of carbonyl (C=O) groups excluding carboxylic acids is 1. The first-order chi connectivity index (χ1) is 10.0. The number of nitrogens with two attached hydrogens (primary N) is 1. The van der Waals surface area contributed by atoms with Gasteiger partial charge in [0.15, 0.2) is 5.13 Å². The van der Waals surface area contributed by atoms with Crippen LogP contribution in [-0.2, 0) is 11.2 Å². The van der Waals surface area contributed by atoms with Crippen molar-refractivity contribution in [2.45, 2.75) is 39.7 Å². The van der Waals surface area contributed by atoms with Gasteiger partial charge in [-0.2, -0.15) is 0 Å². The molecular weight excluding hydrogens is 282 g/mol. The number of rotatable bonds is 5. The number of aryl methyl sites for hydroxylation is 2. The lowest BCUT2D eigenvalue weighted by Crippen LogP contribution is -2.32. The number of amides is 1. The molecule has 4 nitrogen and oxygen atoms in total. The molecule has 0 unspecified atom stereocenters. The first kappa shape index (κ1) is 15.7. The van der Waals surface area contributed by atoms with Crippen molar-refractivity contribution < 1.29 is 4.79 Å². The number of anilines is 1. The molecule has 112 valence electrons. The number of hydrogen-bond donors (Lipinski definition) is 2. The predicted octanol–water partition coefficient (Wildman–Crippen LogP) is 3.36. The van der Waals surface area contributed by atoms with Crippen LogP contribution >= 0.6 is 11.3 Å². The van der Waals surface area contributed by atoms with Crippen LogP contribution in [-0.4, -0.2) is 16.9 Å². The Balaban J connectivity index is 2.20. The Morgan fingerprint density at radius 2 is 2.05 bits per heavy atom. The van der Waals surface area contributed by atoms with Crippen molar-refractivity contribution in [1.82, 2.24) is 4.98 Å². The second kappa shape index (κ2) is 6.83. The van der Waals surface area contributed by atoms with Crippen LogP contribution in [0.3, 0.4) is 0 Å². The van der Waals surface area contributed by atoms with Crippen LogP contribution in [0.2, 0.25) is 0 Å². The molecule has 0 fully saturated rings. The average molecular weight is 303 g/mol. The second-order valence-corrected chi connectivity index (χ2v) is 6.35. The Kier molecular flexibility index (Phi) is 5.09. The van der Waals surface area contributed by atoms with Crippen molar-refractivity contribution >= 4 is 22.4 Å². The summed E-state index contributed by atoms with van der Waals surface area (Å²) >= 11 is 1.47. The van der Waals surface area contributed by atoms with E-state index in [4.69, 9.17) is 5.73 Å². The number of thiazole rings is 1. The number of nitrogens with zero attached hydrogens (tertiary/aromatic N) is 1. The molecule has 1 amide bonds. The van der Waals surface area contributed by atoms with Gasteiger partial charge in [-0.25, -0.2) is 4.98 Å². The van der Waals surface area contributed by atoms with Gasteiger partial charge in [0, 0.05) is 10.4 Å². The summed E-state index contributed by atoms with van der Waals surface area (Å²) in [5, 5.41) is 3.35. The van der Waals surface area contributed by atoms with Crippen molar-refractivity contribution in [2.24, 2.45) is 5.73 Å². The third kappa shape index (κ3) is 3.89. The summed E-state index contributed by atoms with van der Waals surface area (Å²) in [6.07, 6.45) is 2.23. The molecule has 5 heteroatoms. The van der Waals surface area contributed by atoms with Crippen molar-refractivity contribution in [3.63, 3.8) is 0 Å². The van der Waals surface area contributed by atoms with Gasteiger partial charge in [-0.05, 0) is 25.8 Å². The monoisotopic (exact) mass is 303 g/mol. The van der Waals surface area contributed by atoms with E-state index < -0.39 is 6.04 Å². The fourth-order valence-corrected chi connectivity index (χ4v) is 2.89. The Labute approximate surface area is 129 Å². The van der Waals surface area contributed by atoms with Gasteiger partial charge in [-0.3, -0.25) is 4.79 Å². The van der Waals surface area contributed by atoms with Gasteiger partial charge >= 0.3 is 0 Å². The summed E-state index contributed by atoms with van der Waals surface area (Å²) in [6, 6.07) is 7.91. The number of benzene rings is 1. The molecule has 1 atom stereocenters. The van der Waals surface area contributed by atoms with E-state index in [9.17, 15) is 4.79 Å². The van der Waals surface area contributed by atoms with E-state index in [1.165, 1.54) is 16.9 Å². The molecule has 0 aliphatic rings. The molecule has 0 spiro atoms. The highest BCUT2D eigenvalue weighted by molar-refractivity contribution is 7.16. The summed E-state index contributed by atoms with van der Waals surface area (Å²) in [7, 11) is 0. The topological polar surface area (TPSA) is 68.0 Å². The highest BCUT2D eigenvalue weighted by atomic mass is 32.1. The van der Waals surface area contributed by atoms with Crippen molar-refractivity contribution in [2.75, 3.05) is 5.32 Å². The summed E-state index contributed by atoms with van der Waals surface area (Å²) < 4.78 is 0. The SMILES string of the molecule is CCCc1ccc(-c2nc(NC(=O)[C@H](C)N)sc2C)cc1. The lowest BCUT2D eigenvalue weighted by Gasteiger charge is -2.04. The third-order valence-electron chi connectivity index (χ3n) is 3.21. The number of nitrogens with one attached hydrogen (secondary N) is 1. The zero-order valence-electron chi connectivity index (χ0n) is 12.6. The summed E-state index contributed by atoms with van der Waals surface area (Å²) in [4.78, 5) is 17.2. The van der Waals surface area contributed by atoms with E-state index in [0.717, 1.165) is 29.0 Å². The molecule has 0 radical (unpaired) electrons. The molecule has 2 rings (SSSR count). The zero-order valence-corrected chi connectivity index (χ0v) is 13.5. The lowest BCUT2D eigenvalue weighted by molar-refractivity contribution is -0.117. The quantitative estimate of drug-likeness (QED) is 0.890. The predicted molar refractivity (Wildman–Crippen MR) is 88.6 cm³/mol. The van der Waals surface area contributed by atoms with Gasteiger partial charge in [-0.15, -0.1) is 11.3 Å². The minimum absolute atomic E-state index is 0.214. The number of hydrogen-bond acceptors (Lipinski definition) is 4. The highest BCUT2D eigenvalue weighted by Crippen LogP contribution is 2.30. The van der Waals surface area contributed by atoms with Crippen molar-refractivity contribution in [3.8, 4) is 11.3 Å². The molecule has 1 aromatic heterocycles. The van der Waals surface area contributed by atoms with Crippen LogP contribution in [0.25, 0.3) is 11.3 Å². The van der Waals surface area contributed by atoms with Crippen LogP contribution in [0, 0.1) is 6.92 Å². The minimum atomic E-state index is -0.536. The Morgan fingerprint density at radius 1 is 1.38 bits per heavy atom. The van der Waals surface area contributed by atoms with E-state index in [-0.39, 0.29) is 5.91 Å². The first-order valence-electron chi connectivity index (χ1n) is 7.14. The van der Waals surface area contributed by atoms with E-state index in [1.54, 1.807) is 6.92 Å². The largest absolute Gasteiger partial charge is 0.320 e. The lowest BCUT2D eigenvalue weighted by atomic mass is 10.1. The van der Waals surface area contributed by atoms with Crippen molar-refractivity contribution in [3.05, 3.63) is 34.7 Å². The van der Waals surface area contributed by atoms with Crippen molar-refractivity contribution in [1.29, 1.82) is 0 Å². The van der Waals surface area contributed by atoms with Crippen LogP contribution in [0.1, 0.15) is 30.7 Å². The van der Waals surface area contributed by atoms with E-state index in [1.807, 2.05) is 6.92 Å². The van der Waals surface area contributed by atoms with E-state index in [2.05, 4.69) is 41.5 Å². The maximum absolute atomic E-state index is 11.6. The van der Waals surface area contributed by atoms with Crippen LogP contribution in [0.4, 0.5) is 5.13 Å². The van der Waals surface area contributed by atoms with Gasteiger partial charge in [0.1, 0.15) is 0 Å². The van der Waals surface area contributed by atoms with Crippen LogP contribution in [0.5, 0.6) is 0 Å². The standard InChI is InChI=1S/C16H21N3OS/c1-4-5-12-6-8-13(9-7-12)14-11(3)21-16(18-14)19-15(20)10(2)17/h6-10H,4-5,17H2,1-3H3,(H,18,19,20)/t10-/m0/s1. The van der Waals surface area contributed by atoms with Gasteiger partial charge in [-0.1, -0.05) is 37.6 Å². The smallest absolute Gasteiger partial charge is 0.242 e. The number of aromatic nitrogens is 1. The van der Waals surface area contributed by atoms with E-state index >= 15 is 0 Å². The molecule has 0 aliphatic heterocycles. The molecule has 0 bridgehead atoms. The summed E-state index contributed by atoms with van der Waals surface area (Å²) in [6.45, 7) is 5.84. The zero-order chi connectivity index (χ0) is 15.4. The highest BCUT2D eigenvalue weighted by Gasteiger charge is 2.13. The fraction of sp³-hybridized carbons (Fsp3) is 0.375. The van der Waals surface area contributed by atoms with E-state index in [0.29, 0.717) is 5.13 Å². The molecule has 1 aromatic carbocycles. The Bertz CT molecular complexity index is 617. The number of carbonyl (C=O) groups is 1. The van der Waals surface area contributed by atoms with Gasteiger partial charge in [0.05, 0.1) is 11.7 Å². The molecule has 0 saturated heterocycles. The summed E-state index contributed by atoms with van der Waals surface area (Å²) in [5.41, 5.74) is 8.88. The fourth-order valence-electron chi connectivity index (χ4n) is 2.05. The second-order valence-electron chi connectivity index (χ2n) is 5.15. The maximum Gasteiger partial charge on any atom is 0.242 e. The third-order valence-corrected chi connectivity index (χ3v) is 4.09. The first-order valence-corrected chi connectivity index (χ1v) is 7.96. The Hall–Kier alpha value is -1.72.